The van der Waals surface area contributed by atoms with Gasteiger partial charge in [0.1, 0.15) is 17.3 Å². The van der Waals surface area contributed by atoms with Gasteiger partial charge in [-0.05, 0) is 18.6 Å². The Bertz CT molecular complexity index is 305. The summed E-state index contributed by atoms with van der Waals surface area (Å²) in [4.78, 5) is 1.28. The monoisotopic (exact) mass is 179 g/mol. The molecule has 1 aliphatic heterocycles. The van der Waals surface area contributed by atoms with Crippen molar-refractivity contribution in [2.45, 2.75) is 20.0 Å². The fourth-order valence-electron chi connectivity index (χ4n) is 1.67. The normalized spacial score (nSPS) is 23.1. The predicted octanol–water partition coefficient (Wildman–Crippen LogP) is -1.22. The zero-order chi connectivity index (χ0) is 10.0. The van der Waals surface area contributed by atoms with Gasteiger partial charge in [0.05, 0.1) is 14.1 Å². The van der Waals surface area contributed by atoms with Gasteiger partial charge in [-0.15, -0.1) is 0 Å². The first kappa shape index (κ1) is 9.97. The van der Waals surface area contributed by atoms with Crippen LogP contribution in [0.5, 0.6) is 0 Å². The Labute approximate surface area is 79.3 Å². The van der Waals surface area contributed by atoms with Gasteiger partial charge in [-0.25, -0.2) is 0 Å². The van der Waals surface area contributed by atoms with E-state index < -0.39 is 0 Å². The molecule has 3 nitrogen and oxygen atoms in total. The van der Waals surface area contributed by atoms with Gasteiger partial charge in [0, 0.05) is 6.92 Å². The first-order valence-electron chi connectivity index (χ1n) is 4.50. The SMILES string of the molecule is CC1=CC(C)=C(C#N)[C@H]([NH+](C)C)[NH2+]1. The van der Waals surface area contributed by atoms with Gasteiger partial charge in [-0.3, -0.25) is 10.2 Å². The molecule has 0 aromatic heterocycles. The van der Waals surface area contributed by atoms with Gasteiger partial charge in [0.25, 0.3) is 6.17 Å². The standard InChI is InChI=1S/C10H15N3/c1-7-5-8(2)12-10(13(3)4)9(7)6-11/h5,10,12H,1-4H3/p+2/t10-/m0/s1. The molecule has 3 heteroatoms. The lowest BCUT2D eigenvalue weighted by Gasteiger charge is -2.22. The number of hydrogen-bond donors (Lipinski definition) is 2. The van der Waals surface area contributed by atoms with Crippen molar-refractivity contribution in [1.29, 1.82) is 5.26 Å². The van der Waals surface area contributed by atoms with Crippen LogP contribution >= 0.6 is 0 Å². The van der Waals surface area contributed by atoms with E-state index in [2.05, 4.69) is 38.5 Å². The molecule has 1 heterocycles. The minimum absolute atomic E-state index is 0.231. The molecule has 0 unspecified atom stereocenters. The van der Waals surface area contributed by atoms with E-state index in [-0.39, 0.29) is 6.17 Å². The largest absolute Gasteiger partial charge is 0.286 e. The smallest absolute Gasteiger partial charge is 0.252 e. The highest BCUT2D eigenvalue weighted by Crippen LogP contribution is 2.09. The number of hydrogen-bond acceptors (Lipinski definition) is 1. The van der Waals surface area contributed by atoms with Crippen molar-refractivity contribution in [2.75, 3.05) is 14.1 Å². The van der Waals surface area contributed by atoms with Crippen LogP contribution in [0.15, 0.2) is 22.9 Å². The molecule has 0 aromatic carbocycles. The van der Waals surface area contributed by atoms with E-state index in [0.717, 1.165) is 11.1 Å². The third-order valence-electron chi connectivity index (χ3n) is 2.35. The van der Waals surface area contributed by atoms with Crippen LogP contribution in [0.1, 0.15) is 13.8 Å². The minimum atomic E-state index is 0.231. The van der Waals surface area contributed by atoms with E-state index in [1.807, 2.05) is 6.92 Å². The van der Waals surface area contributed by atoms with Gasteiger partial charge in [-0.2, -0.15) is 5.26 Å². The van der Waals surface area contributed by atoms with Crippen LogP contribution in [0.3, 0.4) is 0 Å². The second kappa shape index (κ2) is 3.73. The maximum absolute atomic E-state index is 9.00. The molecule has 3 N–H and O–H groups in total. The maximum Gasteiger partial charge on any atom is 0.252 e. The first-order chi connectivity index (χ1) is 6.06. The summed E-state index contributed by atoms with van der Waals surface area (Å²) in [7, 11) is 4.15. The molecule has 0 saturated carbocycles. The fraction of sp³-hybridized carbons (Fsp3) is 0.500. The number of likely N-dealkylation sites (N-methyl/N-ethyl adjacent to an activating group) is 1. The Balaban J connectivity index is 3.05. The summed E-state index contributed by atoms with van der Waals surface area (Å²) >= 11 is 0. The number of rotatable bonds is 1. The maximum atomic E-state index is 9.00. The van der Waals surface area contributed by atoms with Crippen molar-refractivity contribution in [1.82, 2.24) is 0 Å². The van der Waals surface area contributed by atoms with Gasteiger partial charge in [0.2, 0.25) is 0 Å². The van der Waals surface area contributed by atoms with Crippen molar-refractivity contribution in [3.63, 3.8) is 0 Å². The van der Waals surface area contributed by atoms with Crippen LogP contribution in [0.25, 0.3) is 0 Å². The lowest BCUT2D eigenvalue weighted by Crippen LogP contribution is -3.23. The molecule has 1 atom stereocenters. The topological polar surface area (TPSA) is 44.8 Å². The zero-order valence-electron chi connectivity index (χ0n) is 8.68. The quantitative estimate of drug-likeness (QED) is 0.520. The average Bonchev–Trinajstić information content (AvgIpc) is 2.02. The van der Waals surface area contributed by atoms with E-state index in [4.69, 9.17) is 5.26 Å². The molecule has 0 bridgehead atoms. The lowest BCUT2D eigenvalue weighted by molar-refractivity contribution is -0.996. The fourth-order valence-corrected chi connectivity index (χ4v) is 1.67. The Kier molecular flexibility index (Phi) is 2.86. The van der Waals surface area contributed by atoms with Crippen LogP contribution in [0, 0.1) is 11.3 Å². The molecule has 0 spiro atoms. The van der Waals surface area contributed by atoms with Crippen LogP contribution in [-0.2, 0) is 0 Å². The number of nitrogens with zero attached hydrogens (tertiary/aromatic N) is 1. The van der Waals surface area contributed by atoms with Crippen molar-refractivity contribution in [3.8, 4) is 6.07 Å². The highest BCUT2D eigenvalue weighted by molar-refractivity contribution is 5.37. The minimum Gasteiger partial charge on any atom is -0.286 e. The summed E-state index contributed by atoms with van der Waals surface area (Å²) < 4.78 is 0. The van der Waals surface area contributed by atoms with E-state index in [1.54, 1.807) is 0 Å². The Morgan fingerprint density at radius 2 is 2.08 bits per heavy atom. The highest BCUT2D eigenvalue weighted by Gasteiger charge is 2.29. The molecule has 13 heavy (non-hydrogen) atoms. The van der Waals surface area contributed by atoms with Crippen molar-refractivity contribution in [3.05, 3.63) is 22.9 Å². The van der Waals surface area contributed by atoms with Gasteiger partial charge < -0.3 is 0 Å². The summed E-state index contributed by atoms with van der Waals surface area (Å²) in [6.45, 7) is 4.08. The summed E-state index contributed by atoms with van der Waals surface area (Å²) in [5.41, 5.74) is 3.25. The third-order valence-corrected chi connectivity index (χ3v) is 2.35. The molecular formula is C10H17N3+2. The van der Waals surface area contributed by atoms with E-state index in [9.17, 15) is 0 Å². The van der Waals surface area contributed by atoms with Crippen molar-refractivity contribution in [2.24, 2.45) is 0 Å². The molecule has 0 radical (unpaired) electrons. The van der Waals surface area contributed by atoms with Crippen LogP contribution < -0.4 is 10.2 Å². The Morgan fingerprint density at radius 3 is 2.54 bits per heavy atom. The van der Waals surface area contributed by atoms with Crippen molar-refractivity contribution < 1.29 is 10.2 Å². The first-order valence-corrected chi connectivity index (χ1v) is 4.50. The zero-order valence-corrected chi connectivity index (χ0v) is 8.68. The summed E-state index contributed by atoms with van der Waals surface area (Å²) in [6, 6.07) is 2.29. The molecule has 0 aliphatic carbocycles. The van der Waals surface area contributed by atoms with Crippen LogP contribution in [-0.4, -0.2) is 20.3 Å². The number of nitriles is 1. The molecule has 0 aromatic rings. The lowest BCUT2D eigenvalue weighted by atomic mass is 10.0. The number of nitrogens with two attached hydrogens (primary N) is 1. The molecule has 0 amide bonds. The molecule has 1 aliphatic rings. The molecule has 0 fully saturated rings. The highest BCUT2D eigenvalue weighted by atomic mass is 15.2. The van der Waals surface area contributed by atoms with Gasteiger partial charge in [-0.1, -0.05) is 0 Å². The molecular weight excluding hydrogens is 162 g/mol. The number of allylic oxidation sites excluding steroid dienone is 3. The predicted molar refractivity (Wildman–Crippen MR) is 50.6 cm³/mol. The Morgan fingerprint density at radius 1 is 1.46 bits per heavy atom. The number of nitrogens with one attached hydrogen (secondary N) is 1. The van der Waals surface area contributed by atoms with E-state index >= 15 is 0 Å². The summed E-state index contributed by atoms with van der Waals surface area (Å²) in [5, 5.41) is 11.2. The number of quaternary nitrogens is 2. The second-order valence-electron chi connectivity index (χ2n) is 3.82. The van der Waals surface area contributed by atoms with Crippen LogP contribution in [0.4, 0.5) is 0 Å². The second-order valence-corrected chi connectivity index (χ2v) is 3.82. The van der Waals surface area contributed by atoms with E-state index in [1.165, 1.54) is 10.6 Å². The third kappa shape index (κ3) is 1.97. The van der Waals surface area contributed by atoms with Gasteiger partial charge in [0.15, 0.2) is 0 Å². The molecule has 70 valence electrons. The van der Waals surface area contributed by atoms with Crippen LogP contribution in [0.2, 0.25) is 0 Å². The average molecular weight is 179 g/mol. The molecule has 1 rings (SSSR count). The molecule has 0 saturated heterocycles. The summed E-state index contributed by atoms with van der Waals surface area (Å²) in [6.07, 6.45) is 2.30. The van der Waals surface area contributed by atoms with Crippen molar-refractivity contribution >= 4 is 0 Å². The Hall–Kier alpha value is -1.11. The summed E-state index contributed by atoms with van der Waals surface area (Å²) in [5.74, 6) is 0. The van der Waals surface area contributed by atoms with E-state index in [0.29, 0.717) is 0 Å². The van der Waals surface area contributed by atoms with Gasteiger partial charge >= 0.3 is 0 Å².